The van der Waals surface area contributed by atoms with Gasteiger partial charge in [0.05, 0.1) is 6.61 Å². The summed E-state index contributed by atoms with van der Waals surface area (Å²) < 4.78 is 5.66. The number of fused-ring (bicyclic) bond motifs is 1. The van der Waals surface area contributed by atoms with Crippen LogP contribution in [0.3, 0.4) is 0 Å². The van der Waals surface area contributed by atoms with Crippen LogP contribution in [-0.2, 0) is 6.61 Å². The molecule has 0 radical (unpaired) electrons. The van der Waals surface area contributed by atoms with Crippen LogP contribution in [0.25, 0.3) is 11.0 Å². The Morgan fingerprint density at radius 2 is 2.00 bits per heavy atom. The Bertz CT molecular complexity index is 899. The predicted octanol–water partition coefficient (Wildman–Crippen LogP) is 4.45. The van der Waals surface area contributed by atoms with Gasteiger partial charge in [0.1, 0.15) is 5.58 Å². The van der Waals surface area contributed by atoms with Crippen molar-refractivity contribution in [2.24, 2.45) is 0 Å². The average Bonchev–Trinajstić information content (AvgIpc) is 2.86. The molecule has 0 aliphatic carbocycles. The van der Waals surface area contributed by atoms with Gasteiger partial charge in [0, 0.05) is 21.7 Å². The number of carbonyl (C=O) groups is 1. The van der Waals surface area contributed by atoms with Crippen molar-refractivity contribution in [1.29, 1.82) is 0 Å². The molecule has 1 aromatic heterocycles. The molecule has 0 unspecified atom stereocenters. The highest BCUT2D eigenvalue weighted by Crippen LogP contribution is 2.28. The Kier molecular flexibility index (Phi) is 4.11. The minimum atomic E-state index is -0.326. The van der Waals surface area contributed by atoms with Crippen LogP contribution in [-0.4, -0.2) is 11.0 Å². The molecule has 0 aliphatic heterocycles. The number of hydrogen-bond acceptors (Lipinski definition) is 3. The minimum Gasteiger partial charge on any atom is -0.451 e. The van der Waals surface area contributed by atoms with Gasteiger partial charge in [-0.1, -0.05) is 23.7 Å². The van der Waals surface area contributed by atoms with Crippen molar-refractivity contribution in [3.63, 3.8) is 0 Å². The van der Waals surface area contributed by atoms with E-state index in [-0.39, 0.29) is 18.3 Å². The molecule has 0 saturated carbocycles. The maximum absolute atomic E-state index is 12.5. The van der Waals surface area contributed by atoms with Crippen LogP contribution in [0.15, 0.2) is 40.8 Å². The minimum absolute atomic E-state index is 0.0781. The number of aryl methyl sites for hydroxylation is 2. The Labute approximate surface area is 138 Å². The zero-order valence-electron chi connectivity index (χ0n) is 12.8. The molecule has 0 atom stereocenters. The van der Waals surface area contributed by atoms with E-state index >= 15 is 0 Å². The number of nitrogens with one attached hydrogen (secondary N) is 1. The molecule has 1 heterocycles. The summed E-state index contributed by atoms with van der Waals surface area (Å²) in [7, 11) is 0. The molecule has 0 fully saturated rings. The van der Waals surface area contributed by atoms with Gasteiger partial charge in [-0.15, -0.1) is 0 Å². The van der Waals surface area contributed by atoms with E-state index < -0.39 is 0 Å². The number of furan rings is 1. The second-order valence-electron chi connectivity index (χ2n) is 5.46. The number of rotatable bonds is 3. The van der Waals surface area contributed by atoms with Crippen molar-refractivity contribution in [3.8, 4) is 0 Å². The first-order chi connectivity index (χ1) is 11.0. The molecule has 0 saturated heterocycles. The third-order valence-electron chi connectivity index (χ3n) is 3.84. The molecular weight excluding hydrogens is 314 g/mol. The van der Waals surface area contributed by atoms with Gasteiger partial charge in [-0.2, -0.15) is 0 Å². The molecule has 0 bridgehead atoms. The maximum atomic E-state index is 12.5. The highest BCUT2D eigenvalue weighted by molar-refractivity contribution is 6.31. The third-order valence-corrected chi connectivity index (χ3v) is 4.07. The van der Waals surface area contributed by atoms with Crippen molar-refractivity contribution >= 4 is 34.2 Å². The molecule has 3 rings (SSSR count). The van der Waals surface area contributed by atoms with Crippen LogP contribution in [0.5, 0.6) is 0 Å². The van der Waals surface area contributed by atoms with Crippen molar-refractivity contribution in [1.82, 2.24) is 0 Å². The highest BCUT2D eigenvalue weighted by atomic mass is 35.5. The largest absolute Gasteiger partial charge is 0.451 e. The topological polar surface area (TPSA) is 62.5 Å². The van der Waals surface area contributed by atoms with Crippen LogP contribution in [0.4, 0.5) is 5.69 Å². The summed E-state index contributed by atoms with van der Waals surface area (Å²) in [6.07, 6.45) is 0. The van der Waals surface area contributed by atoms with Crippen LogP contribution >= 0.6 is 11.6 Å². The standard InChI is InChI=1S/C18H16ClNO3/c1-10-3-4-12(9-21)7-15(10)20-18(22)17-11(2)14-8-13(19)5-6-16(14)23-17/h3-8,21H,9H2,1-2H3,(H,20,22). The van der Waals surface area contributed by atoms with E-state index in [9.17, 15) is 9.90 Å². The zero-order valence-corrected chi connectivity index (χ0v) is 13.6. The molecule has 3 aromatic rings. The number of hydrogen-bond donors (Lipinski definition) is 2. The molecule has 5 heteroatoms. The van der Waals surface area contributed by atoms with Gasteiger partial charge in [0.25, 0.3) is 5.91 Å². The lowest BCUT2D eigenvalue weighted by molar-refractivity contribution is 0.0998. The van der Waals surface area contributed by atoms with Crippen LogP contribution < -0.4 is 5.32 Å². The number of aliphatic hydroxyl groups excluding tert-OH is 1. The van der Waals surface area contributed by atoms with E-state index in [4.69, 9.17) is 16.0 Å². The Morgan fingerprint density at radius 1 is 1.22 bits per heavy atom. The quantitative estimate of drug-likeness (QED) is 0.746. The number of aliphatic hydroxyl groups is 1. The molecule has 0 spiro atoms. The van der Waals surface area contributed by atoms with E-state index in [0.717, 1.165) is 22.1 Å². The molecule has 0 aliphatic rings. The van der Waals surface area contributed by atoms with Crippen LogP contribution in [0.1, 0.15) is 27.2 Å². The van der Waals surface area contributed by atoms with Crippen molar-refractivity contribution in [3.05, 3.63) is 63.9 Å². The van der Waals surface area contributed by atoms with Gasteiger partial charge in [0.2, 0.25) is 0 Å². The van der Waals surface area contributed by atoms with Crippen molar-refractivity contribution in [2.75, 3.05) is 5.32 Å². The Balaban J connectivity index is 1.96. The van der Waals surface area contributed by atoms with Gasteiger partial charge in [-0.3, -0.25) is 4.79 Å². The van der Waals surface area contributed by atoms with E-state index in [2.05, 4.69) is 5.32 Å². The first kappa shape index (κ1) is 15.6. The fourth-order valence-electron chi connectivity index (χ4n) is 2.49. The summed E-state index contributed by atoms with van der Waals surface area (Å²) >= 11 is 6.00. The van der Waals surface area contributed by atoms with E-state index in [1.807, 2.05) is 26.0 Å². The average molecular weight is 330 g/mol. The summed E-state index contributed by atoms with van der Waals surface area (Å²) in [4.78, 5) is 12.5. The number of anilines is 1. The van der Waals surface area contributed by atoms with Gasteiger partial charge in [-0.05, 0) is 49.2 Å². The monoisotopic (exact) mass is 329 g/mol. The number of amides is 1. The van der Waals surface area contributed by atoms with E-state index in [0.29, 0.717) is 16.3 Å². The lowest BCUT2D eigenvalue weighted by Crippen LogP contribution is -2.13. The summed E-state index contributed by atoms with van der Waals surface area (Å²) in [5, 5.41) is 13.5. The first-order valence-corrected chi connectivity index (χ1v) is 7.58. The molecular formula is C18H16ClNO3. The number of carbonyl (C=O) groups excluding carboxylic acids is 1. The Morgan fingerprint density at radius 3 is 2.74 bits per heavy atom. The SMILES string of the molecule is Cc1ccc(CO)cc1NC(=O)c1oc2ccc(Cl)cc2c1C. The maximum Gasteiger partial charge on any atom is 0.291 e. The van der Waals surface area contributed by atoms with Crippen molar-refractivity contribution in [2.45, 2.75) is 20.5 Å². The second kappa shape index (κ2) is 6.07. The van der Waals surface area contributed by atoms with Gasteiger partial charge < -0.3 is 14.8 Å². The lowest BCUT2D eigenvalue weighted by Gasteiger charge is -2.09. The third kappa shape index (κ3) is 2.96. The van der Waals surface area contributed by atoms with E-state index in [1.165, 1.54) is 0 Å². The molecule has 2 aromatic carbocycles. The van der Waals surface area contributed by atoms with Gasteiger partial charge >= 0.3 is 0 Å². The summed E-state index contributed by atoms with van der Waals surface area (Å²) in [6, 6.07) is 10.7. The van der Waals surface area contributed by atoms with Gasteiger partial charge in [0.15, 0.2) is 5.76 Å². The number of benzene rings is 2. The van der Waals surface area contributed by atoms with Crippen molar-refractivity contribution < 1.29 is 14.3 Å². The molecule has 1 amide bonds. The van der Waals surface area contributed by atoms with Crippen LogP contribution in [0.2, 0.25) is 5.02 Å². The van der Waals surface area contributed by atoms with E-state index in [1.54, 1.807) is 24.3 Å². The summed E-state index contributed by atoms with van der Waals surface area (Å²) in [6.45, 7) is 3.64. The highest BCUT2D eigenvalue weighted by Gasteiger charge is 2.18. The summed E-state index contributed by atoms with van der Waals surface area (Å²) in [5.41, 5.74) is 3.67. The molecule has 2 N–H and O–H groups in total. The molecule has 23 heavy (non-hydrogen) atoms. The fraction of sp³-hybridized carbons (Fsp3) is 0.167. The molecule has 118 valence electrons. The zero-order chi connectivity index (χ0) is 16.6. The van der Waals surface area contributed by atoms with Gasteiger partial charge in [-0.25, -0.2) is 0 Å². The lowest BCUT2D eigenvalue weighted by atomic mass is 10.1. The predicted molar refractivity (Wildman–Crippen MR) is 91.0 cm³/mol. The first-order valence-electron chi connectivity index (χ1n) is 7.20. The fourth-order valence-corrected chi connectivity index (χ4v) is 2.66. The Hall–Kier alpha value is -2.30. The normalized spacial score (nSPS) is 11.0. The second-order valence-corrected chi connectivity index (χ2v) is 5.89. The molecule has 4 nitrogen and oxygen atoms in total. The summed E-state index contributed by atoms with van der Waals surface area (Å²) in [5.74, 6) is -0.0657. The smallest absolute Gasteiger partial charge is 0.291 e. The van der Waals surface area contributed by atoms with Crippen LogP contribution in [0, 0.1) is 13.8 Å². The number of halogens is 1.